The molecule has 86 valence electrons. The summed E-state index contributed by atoms with van der Waals surface area (Å²) in [6, 6.07) is 7.03. The predicted molar refractivity (Wildman–Crippen MR) is 63.8 cm³/mol. The van der Waals surface area contributed by atoms with E-state index in [1.807, 2.05) is 0 Å². The highest BCUT2D eigenvalue weighted by Crippen LogP contribution is 2.21. The third-order valence-electron chi connectivity index (χ3n) is 2.42. The maximum Gasteiger partial charge on any atom is 0.196 e. The summed E-state index contributed by atoms with van der Waals surface area (Å²) in [5.41, 5.74) is 1.18. The first-order valence-corrected chi connectivity index (χ1v) is 5.39. The van der Waals surface area contributed by atoms with Crippen molar-refractivity contribution in [2.45, 2.75) is 6.92 Å². The van der Waals surface area contributed by atoms with Crippen LogP contribution in [0.3, 0.4) is 0 Å². The molecule has 2 rings (SSSR count). The number of pyridine rings is 1. The minimum Gasteiger partial charge on any atom is -0.288 e. The minimum absolute atomic E-state index is 0.155. The van der Waals surface area contributed by atoms with E-state index < -0.39 is 5.82 Å². The van der Waals surface area contributed by atoms with Gasteiger partial charge in [-0.2, -0.15) is 0 Å². The van der Waals surface area contributed by atoms with E-state index in [-0.39, 0.29) is 16.4 Å². The zero-order valence-corrected chi connectivity index (χ0v) is 9.83. The first-order chi connectivity index (χ1) is 8.09. The van der Waals surface area contributed by atoms with Gasteiger partial charge >= 0.3 is 0 Å². The van der Waals surface area contributed by atoms with Crippen molar-refractivity contribution in [2.75, 3.05) is 0 Å². The summed E-state index contributed by atoms with van der Waals surface area (Å²) in [6.45, 7) is 1.72. The van der Waals surface area contributed by atoms with Crippen LogP contribution in [0.15, 0.2) is 36.5 Å². The normalized spacial score (nSPS) is 10.3. The molecule has 0 unspecified atom stereocenters. The predicted octanol–water partition coefficient (Wildman–Crippen LogP) is 3.41. The fraction of sp³-hybridized carbons (Fsp3) is 0.0769. The van der Waals surface area contributed by atoms with Crippen LogP contribution in [0.2, 0.25) is 5.02 Å². The zero-order chi connectivity index (χ0) is 12.4. The van der Waals surface area contributed by atoms with Crippen molar-refractivity contribution in [1.82, 2.24) is 4.98 Å². The summed E-state index contributed by atoms with van der Waals surface area (Å²) in [6.07, 6.45) is 1.60. The highest BCUT2D eigenvalue weighted by molar-refractivity contribution is 6.35. The molecule has 0 fully saturated rings. The van der Waals surface area contributed by atoms with Gasteiger partial charge in [0, 0.05) is 23.0 Å². The second-order valence-electron chi connectivity index (χ2n) is 3.59. The van der Waals surface area contributed by atoms with Gasteiger partial charge in [-0.15, -0.1) is 0 Å². The topological polar surface area (TPSA) is 30.0 Å². The number of hydrogen-bond donors (Lipinski definition) is 0. The van der Waals surface area contributed by atoms with Crippen LogP contribution in [0.1, 0.15) is 21.6 Å². The van der Waals surface area contributed by atoms with Crippen molar-refractivity contribution in [2.24, 2.45) is 0 Å². The highest BCUT2D eigenvalue weighted by atomic mass is 35.5. The molecule has 0 atom stereocenters. The number of halogens is 2. The van der Waals surface area contributed by atoms with Gasteiger partial charge in [0.1, 0.15) is 5.82 Å². The molecule has 0 aliphatic carbocycles. The van der Waals surface area contributed by atoms with Crippen molar-refractivity contribution in [3.8, 4) is 0 Å². The molecule has 17 heavy (non-hydrogen) atoms. The van der Waals surface area contributed by atoms with Crippen molar-refractivity contribution in [3.05, 3.63) is 64.2 Å². The summed E-state index contributed by atoms with van der Waals surface area (Å²) >= 11 is 5.89. The molecule has 2 aromatic rings. The minimum atomic E-state index is -0.487. The lowest BCUT2D eigenvalue weighted by Crippen LogP contribution is -2.06. The number of aryl methyl sites for hydroxylation is 1. The van der Waals surface area contributed by atoms with Gasteiger partial charge in [-0.05, 0) is 37.3 Å². The number of aromatic nitrogens is 1. The Labute approximate surface area is 103 Å². The standard InChI is InChI=1S/C13H9ClFNO/c1-8-10(3-2-6-16-8)13(17)11-7-9(15)4-5-12(11)14/h2-7H,1H3. The van der Waals surface area contributed by atoms with E-state index in [1.165, 1.54) is 12.1 Å². The molecule has 0 N–H and O–H groups in total. The lowest BCUT2D eigenvalue weighted by Gasteiger charge is -2.05. The molecule has 0 saturated carbocycles. The van der Waals surface area contributed by atoms with Gasteiger partial charge in [0.15, 0.2) is 5.78 Å². The Hall–Kier alpha value is -1.74. The van der Waals surface area contributed by atoms with Crippen LogP contribution in [0.4, 0.5) is 4.39 Å². The second-order valence-corrected chi connectivity index (χ2v) is 4.00. The fourth-order valence-electron chi connectivity index (χ4n) is 1.54. The molecular formula is C13H9ClFNO. The maximum atomic E-state index is 13.1. The van der Waals surface area contributed by atoms with Crippen LogP contribution >= 0.6 is 11.6 Å². The van der Waals surface area contributed by atoms with E-state index in [1.54, 1.807) is 25.3 Å². The van der Waals surface area contributed by atoms with Gasteiger partial charge in [0.2, 0.25) is 0 Å². The lowest BCUT2D eigenvalue weighted by molar-refractivity contribution is 0.103. The molecule has 0 bridgehead atoms. The first-order valence-electron chi connectivity index (χ1n) is 5.01. The second kappa shape index (κ2) is 4.63. The van der Waals surface area contributed by atoms with Gasteiger partial charge in [-0.3, -0.25) is 9.78 Å². The largest absolute Gasteiger partial charge is 0.288 e. The van der Waals surface area contributed by atoms with E-state index in [0.29, 0.717) is 11.3 Å². The van der Waals surface area contributed by atoms with E-state index in [2.05, 4.69) is 4.98 Å². The Bertz CT molecular complexity index is 583. The Morgan fingerprint density at radius 1 is 1.29 bits per heavy atom. The molecule has 1 heterocycles. The quantitative estimate of drug-likeness (QED) is 0.764. The van der Waals surface area contributed by atoms with Gasteiger partial charge in [-0.25, -0.2) is 4.39 Å². The molecule has 1 aromatic carbocycles. The van der Waals surface area contributed by atoms with Crippen LogP contribution in [0, 0.1) is 12.7 Å². The molecular weight excluding hydrogens is 241 g/mol. The summed E-state index contributed by atoms with van der Waals surface area (Å²) in [7, 11) is 0. The molecule has 0 saturated heterocycles. The van der Waals surface area contributed by atoms with E-state index in [9.17, 15) is 9.18 Å². The number of ketones is 1. The SMILES string of the molecule is Cc1ncccc1C(=O)c1cc(F)ccc1Cl. The number of hydrogen-bond acceptors (Lipinski definition) is 2. The van der Waals surface area contributed by atoms with Crippen molar-refractivity contribution >= 4 is 17.4 Å². The number of benzene rings is 1. The number of carbonyl (C=O) groups excluding carboxylic acids is 1. The van der Waals surface area contributed by atoms with Crippen LogP contribution in [0.5, 0.6) is 0 Å². The average molecular weight is 250 g/mol. The van der Waals surface area contributed by atoms with Crippen molar-refractivity contribution in [3.63, 3.8) is 0 Å². The lowest BCUT2D eigenvalue weighted by atomic mass is 10.0. The smallest absolute Gasteiger partial charge is 0.196 e. The third kappa shape index (κ3) is 2.34. The summed E-state index contributed by atoms with van der Waals surface area (Å²) in [4.78, 5) is 16.2. The summed E-state index contributed by atoms with van der Waals surface area (Å²) in [5, 5.41) is 0.236. The van der Waals surface area contributed by atoms with E-state index >= 15 is 0 Å². The Balaban J connectivity index is 2.51. The van der Waals surface area contributed by atoms with Gasteiger partial charge in [0.25, 0.3) is 0 Å². The molecule has 2 nitrogen and oxygen atoms in total. The molecule has 0 spiro atoms. The number of nitrogens with zero attached hydrogens (tertiary/aromatic N) is 1. The Morgan fingerprint density at radius 2 is 2.06 bits per heavy atom. The van der Waals surface area contributed by atoms with Crippen LogP contribution in [-0.4, -0.2) is 10.8 Å². The van der Waals surface area contributed by atoms with E-state index in [4.69, 9.17) is 11.6 Å². The number of rotatable bonds is 2. The van der Waals surface area contributed by atoms with Gasteiger partial charge in [-0.1, -0.05) is 11.6 Å². The van der Waals surface area contributed by atoms with Crippen LogP contribution < -0.4 is 0 Å². The molecule has 4 heteroatoms. The van der Waals surface area contributed by atoms with Crippen molar-refractivity contribution < 1.29 is 9.18 Å². The Morgan fingerprint density at radius 3 is 2.76 bits per heavy atom. The molecule has 1 aromatic heterocycles. The van der Waals surface area contributed by atoms with Crippen molar-refractivity contribution in [1.29, 1.82) is 0 Å². The van der Waals surface area contributed by atoms with Crippen LogP contribution in [0.25, 0.3) is 0 Å². The zero-order valence-electron chi connectivity index (χ0n) is 9.08. The van der Waals surface area contributed by atoms with Gasteiger partial charge in [0.05, 0.1) is 5.02 Å². The van der Waals surface area contributed by atoms with Crippen LogP contribution in [-0.2, 0) is 0 Å². The first kappa shape index (κ1) is 11.7. The molecule has 0 amide bonds. The highest BCUT2D eigenvalue weighted by Gasteiger charge is 2.15. The third-order valence-corrected chi connectivity index (χ3v) is 2.75. The fourth-order valence-corrected chi connectivity index (χ4v) is 1.74. The molecule has 0 radical (unpaired) electrons. The number of carbonyl (C=O) groups is 1. The molecule has 0 aliphatic heterocycles. The summed E-state index contributed by atoms with van der Waals surface area (Å²) < 4.78 is 13.1. The molecule has 0 aliphatic rings. The Kier molecular flexibility index (Phi) is 3.20. The van der Waals surface area contributed by atoms with E-state index in [0.717, 1.165) is 6.07 Å². The monoisotopic (exact) mass is 249 g/mol. The van der Waals surface area contributed by atoms with Gasteiger partial charge < -0.3 is 0 Å². The maximum absolute atomic E-state index is 13.1. The summed E-state index contributed by atoms with van der Waals surface area (Å²) in [5.74, 6) is -0.806. The average Bonchev–Trinajstić information content (AvgIpc) is 2.32.